The Bertz CT molecular complexity index is 299. The number of aryl methyl sites for hydroxylation is 1. The maximum atomic E-state index is 6.28. The number of hydrogen-bond acceptors (Lipinski definition) is 3. The first-order valence-corrected chi connectivity index (χ1v) is 5.28. The average molecular weight is 196 g/mol. The van der Waals surface area contributed by atoms with E-state index in [-0.39, 0.29) is 5.54 Å². The zero-order valence-corrected chi connectivity index (χ0v) is 9.54. The molecule has 2 N–H and O–H groups in total. The van der Waals surface area contributed by atoms with Crippen LogP contribution in [0.4, 0.5) is 0 Å². The van der Waals surface area contributed by atoms with Gasteiger partial charge in [0, 0.05) is 6.54 Å². The summed E-state index contributed by atoms with van der Waals surface area (Å²) in [5.41, 5.74) is 5.96. The Morgan fingerprint density at radius 2 is 1.79 bits per heavy atom. The molecule has 0 spiro atoms. The molecule has 4 heteroatoms. The maximum Gasteiger partial charge on any atom is 0.153 e. The molecule has 1 heterocycles. The van der Waals surface area contributed by atoms with Gasteiger partial charge in [-0.1, -0.05) is 13.8 Å². The molecule has 14 heavy (non-hydrogen) atoms. The quantitative estimate of drug-likeness (QED) is 0.795. The van der Waals surface area contributed by atoms with E-state index in [1.807, 2.05) is 6.92 Å². The summed E-state index contributed by atoms with van der Waals surface area (Å²) >= 11 is 0. The third-order valence-electron chi connectivity index (χ3n) is 2.96. The molecule has 0 atom stereocenters. The molecular formula is C10H20N4. The molecule has 0 aliphatic carbocycles. The minimum atomic E-state index is -0.322. The van der Waals surface area contributed by atoms with Gasteiger partial charge in [-0.15, -0.1) is 10.2 Å². The highest BCUT2D eigenvalue weighted by molar-refractivity contribution is 5.07. The minimum Gasteiger partial charge on any atom is -0.319 e. The van der Waals surface area contributed by atoms with E-state index in [1.165, 1.54) is 0 Å². The first-order valence-electron chi connectivity index (χ1n) is 5.28. The van der Waals surface area contributed by atoms with E-state index < -0.39 is 0 Å². The third kappa shape index (κ3) is 1.66. The lowest BCUT2D eigenvalue weighted by Crippen LogP contribution is -2.38. The van der Waals surface area contributed by atoms with Crippen LogP contribution in [-0.4, -0.2) is 14.8 Å². The van der Waals surface area contributed by atoms with E-state index >= 15 is 0 Å². The smallest absolute Gasteiger partial charge is 0.153 e. The number of nitrogens with zero attached hydrogens (tertiary/aromatic N) is 3. The van der Waals surface area contributed by atoms with Gasteiger partial charge < -0.3 is 10.3 Å². The molecule has 0 amide bonds. The largest absolute Gasteiger partial charge is 0.319 e. The predicted octanol–water partition coefficient (Wildman–Crippen LogP) is 1.58. The van der Waals surface area contributed by atoms with Gasteiger partial charge >= 0.3 is 0 Å². The van der Waals surface area contributed by atoms with Crippen LogP contribution in [-0.2, 0) is 12.1 Å². The maximum absolute atomic E-state index is 6.28. The van der Waals surface area contributed by atoms with E-state index in [0.717, 1.165) is 31.0 Å². The van der Waals surface area contributed by atoms with Crippen molar-refractivity contribution in [2.75, 3.05) is 0 Å². The summed E-state index contributed by atoms with van der Waals surface area (Å²) in [4.78, 5) is 0. The number of rotatable bonds is 4. The Hall–Kier alpha value is -0.900. The monoisotopic (exact) mass is 196 g/mol. The summed E-state index contributed by atoms with van der Waals surface area (Å²) in [6.45, 7) is 9.12. The van der Waals surface area contributed by atoms with Gasteiger partial charge in [0.15, 0.2) is 5.82 Å². The Kier molecular flexibility index (Phi) is 3.26. The van der Waals surface area contributed by atoms with Gasteiger partial charge in [-0.3, -0.25) is 0 Å². The standard InChI is InChI=1S/C10H20N4/c1-5-10(11,6-2)9-13-12-8(4)14(9)7-3/h5-7,11H2,1-4H3. The van der Waals surface area contributed by atoms with Crippen LogP contribution in [0.25, 0.3) is 0 Å². The van der Waals surface area contributed by atoms with E-state index in [9.17, 15) is 0 Å². The summed E-state index contributed by atoms with van der Waals surface area (Å²) in [7, 11) is 0. The van der Waals surface area contributed by atoms with E-state index in [0.29, 0.717) is 0 Å². The van der Waals surface area contributed by atoms with Crippen LogP contribution in [0.5, 0.6) is 0 Å². The van der Waals surface area contributed by atoms with E-state index in [1.54, 1.807) is 0 Å². The summed E-state index contributed by atoms with van der Waals surface area (Å²) in [5.74, 6) is 1.86. The highest BCUT2D eigenvalue weighted by Gasteiger charge is 2.29. The van der Waals surface area contributed by atoms with Gasteiger partial charge in [-0.2, -0.15) is 0 Å². The Labute approximate surface area is 85.5 Å². The van der Waals surface area contributed by atoms with Crippen molar-refractivity contribution in [3.63, 3.8) is 0 Å². The van der Waals surface area contributed by atoms with Gasteiger partial charge in [0.05, 0.1) is 5.54 Å². The molecule has 0 saturated heterocycles. The zero-order valence-electron chi connectivity index (χ0n) is 9.54. The van der Waals surface area contributed by atoms with Crippen molar-refractivity contribution < 1.29 is 0 Å². The highest BCUT2D eigenvalue weighted by atomic mass is 15.3. The van der Waals surface area contributed by atoms with Crippen LogP contribution in [0.15, 0.2) is 0 Å². The average Bonchev–Trinajstić information content (AvgIpc) is 2.58. The highest BCUT2D eigenvalue weighted by Crippen LogP contribution is 2.24. The Balaban J connectivity index is 3.16. The first kappa shape index (κ1) is 11.2. The molecule has 80 valence electrons. The predicted molar refractivity (Wildman–Crippen MR) is 56.9 cm³/mol. The lowest BCUT2D eigenvalue weighted by Gasteiger charge is -2.25. The van der Waals surface area contributed by atoms with E-state index in [4.69, 9.17) is 5.73 Å². The molecule has 0 aliphatic rings. The SMILES string of the molecule is CCn1c(C)nnc1C(N)(CC)CC. The van der Waals surface area contributed by atoms with Gasteiger partial charge in [0.1, 0.15) is 5.82 Å². The number of hydrogen-bond donors (Lipinski definition) is 1. The zero-order chi connectivity index (χ0) is 10.8. The molecule has 0 aromatic carbocycles. The Morgan fingerprint density at radius 1 is 1.21 bits per heavy atom. The minimum absolute atomic E-state index is 0.322. The first-order chi connectivity index (χ1) is 6.59. The lowest BCUT2D eigenvalue weighted by molar-refractivity contribution is 0.369. The molecule has 1 rings (SSSR count). The van der Waals surface area contributed by atoms with Crippen molar-refractivity contribution >= 4 is 0 Å². The normalized spacial score (nSPS) is 12.1. The summed E-state index contributed by atoms with van der Waals surface area (Å²) < 4.78 is 2.09. The van der Waals surface area contributed by atoms with Crippen LogP contribution in [0.1, 0.15) is 45.3 Å². The van der Waals surface area contributed by atoms with Crippen LogP contribution in [0.2, 0.25) is 0 Å². The molecule has 0 unspecified atom stereocenters. The van der Waals surface area contributed by atoms with Gasteiger partial charge in [0.2, 0.25) is 0 Å². The summed E-state index contributed by atoms with van der Waals surface area (Å²) in [6.07, 6.45) is 1.78. The summed E-state index contributed by atoms with van der Waals surface area (Å²) in [5, 5.41) is 8.27. The van der Waals surface area contributed by atoms with Gasteiger partial charge in [-0.25, -0.2) is 0 Å². The molecule has 4 nitrogen and oxygen atoms in total. The van der Waals surface area contributed by atoms with Crippen molar-refractivity contribution in [1.82, 2.24) is 14.8 Å². The molecule has 1 aromatic heterocycles. The number of aromatic nitrogens is 3. The summed E-state index contributed by atoms with van der Waals surface area (Å²) in [6, 6.07) is 0. The van der Waals surface area contributed by atoms with Crippen molar-refractivity contribution in [2.45, 2.75) is 52.6 Å². The second-order valence-corrected chi connectivity index (χ2v) is 3.68. The fraction of sp³-hybridized carbons (Fsp3) is 0.800. The molecule has 0 fully saturated rings. The molecular weight excluding hydrogens is 176 g/mol. The molecule has 0 bridgehead atoms. The third-order valence-corrected chi connectivity index (χ3v) is 2.96. The van der Waals surface area contributed by atoms with E-state index in [2.05, 4.69) is 35.5 Å². The lowest BCUT2D eigenvalue weighted by atomic mass is 9.93. The van der Waals surface area contributed by atoms with Crippen LogP contribution >= 0.6 is 0 Å². The van der Waals surface area contributed by atoms with Crippen molar-refractivity contribution in [3.05, 3.63) is 11.6 Å². The molecule has 0 saturated carbocycles. The van der Waals surface area contributed by atoms with Crippen molar-refractivity contribution in [2.24, 2.45) is 5.73 Å². The van der Waals surface area contributed by atoms with Gasteiger partial charge in [-0.05, 0) is 26.7 Å². The van der Waals surface area contributed by atoms with Crippen LogP contribution in [0, 0.1) is 6.92 Å². The Morgan fingerprint density at radius 3 is 2.21 bits per heavy atom. The van der Waals surface area contributed by atoms with Crippen LogP contribution < -0.4 is 5.73 Å². The van der Waals surface area contributed by atoms with Crippen molar-refractivity contribution in [1.29, 1.82) is 0 Å². The number of nitrogens with two attached hydrogens (primary N) is 1. The molecule has 0 aliphatic heterocycles. The molecule has 1 aromatic rings. The second-order valence-electron chi connectivity index (χ2n) is 3.68. The van der Waals surface area contributed by atoms with Crippen LogP contribution in [0.3, 0.4) is 0 Å². The topological polar surface area (TPSA) is 56.7 Å². The second kappa shape index (κ2) is 4.09. The fourth-order valence-corrected chi connectivity index (χ4v) is 1.69. The van der Waals surface area contributed by atoms with Crippen molar-refractivity contribution in [3.8, 4) is 0 Å². The van der Waals surface area contributed by atoms with Gasteiger partial charge in [0.25, 0.3) is 0 Å². The fourth-order valence-electron chi connectivity index (χ4n) is 1.69. The molecule has 0 radical (unpaired) electrons.